The van der Waals surface area contributed by atoms with E-state index < -0.39 is 0 Å². The Hall–Kier alpha value is -1.65. The minimum atomic E-state index is 0. The number of aliphatic imine (C=N–C) groups is 1. The lowest BCUT2D eigenvalue weighted by Gasteiger charge is -2.34. The van der Waals surface area contributed by atoms with Crippen LogP contribution in [0, 0.1) is 0 Å². The average molecular weight is 569 g/mol. The molecule has 0 amide bonds. The summed E-state index contributed by atoms with van der Waals surface area (Å²) in [6.07, 6.45) is 2.83. The molecule has 0 saturated carbocycles. The molecule has 1 aromatic heterocycles. The molecule has 3 rings (SSSR count). The molecule has 0 unspecified atom stereocenters. The third-order valence-corrected chi connectivity index (χ3v) is 6.00. The van der Waals surface area contributed by atoms with E-state index in [9.17, 15) is 0 Å². The van der Waals surface area contributed by atoms with Crippen molar-refractivity contribution in [2.45, 2.75) is 53.1 Å². The molecule has 0 aliphatic carbocycles. The fraction of sp³-hybridized carbons (Fsp3) is 0.600. The highest BCUT2D eigenvalue weighted by Crippen LogP contribution is 2.16. The molecule has 0 atom stereocenters. The van der Waals surface area contributed by atoms with Crippen LogP contribution in [0.15, 0.2) is 39.8 Å². The summed E-state index contributed by atoms with van der Waals surface area (Å²) in [7, 11) is 0. The molecule has 1 aliphatic heterocycles. The lowest BCUT2D eigenvalue weighted by molar-refractivity contribution is 0.126. The molecule has 1 aliphatic rings. The van der Waals surface area contributed by atoms with Crippen molar-refractivity contribution in [1.82, 2.24) is 25.6 Å². The van der Waals surface area contributed by atoms with E-state index in [-0.39, 0.29) is 24.0 Å². The van der Waals surface area contributed by atoms with Crippen molar-refractivity contribution in [3.8, 4) is 0 Å². The SMILES string of the molecule is CCNC(=NCc1c(CC)noc1CC)NCCCN1CCN(Cc2ccccc2)CC1.I. The fourth-order valence-corrected chi connectivity index (χ4v) is 4.14. The van der Waals surface area contributed by atoms with Crippen LogP contribution in [-0.2, 0) is 25.9 Å². The van der Waals surface area contributed by atoms with Gasteiger partial charge in [0.25, 0.3) is 0 Å². The number of aromatic nitrogens is 1. The third kappa shape index (κ3) is 8.90. The number of halogens is 1. The van der Waals surface area contributed by atoms with Crippen LogP contribution in [0.25, 0.3) is 0 Å². The number of aryl methyl sites for hydroxylation is 2. The molecule has 8 heteroatoms. The molecule has 2 N–H and O–H groups in total. The highest BCUT2D eigenvalue weighted by Gasteiger charge is 2.16. The normalized spacial score (nSPS) is 15.3. The largest absolute Gasteiger partial charge is 0.361 e. The van der Waals surface area contributed by atoms with Crippen molar-refractivity contribution in [3.05, 3.63) is 52.9 Å². The molecule has 1 aromatic carbocycles. The summed E-state index contributed by atoms with van der Waals surface area (Å²) in [5.74, 6) is 1.82. The van der Waals surface area contributed by atoms with Gasteiger partial charge in [-0.05, 0) is 31.9 Å². The summed E-state index contributed by atoms with van der Waals surface area (Å²) in [6, 6.07) is 10.8. The summed E-state index contributed by atoms with van der Waals surface area (Å²) in [5.41, 5.74) is 3.57. The molecule has 0 bridgehead atoms. The Morgan fingerprint density at radius 1 is 1.00 bits per heavy atom. The summed E-state index contributed by atoms with van der Waals surface area (Å²) in [5, 5.41) is 11.0. The second kappa shape index (κ2) is 15.3. The van der Waals surface area contributed by atoms with E-state index in [2.05, 4.69) is 76.7 Å². The van der Waals surface area contributed by atoms with Gasteiger partial charge in [0.2, 0.25) is 0 Å². The molecular weight excluding hydrogens is 527 g/mol. The first-order valence-corrected chi connectivity index (χ1v) is 12.2. The van der Waals surface area contributed by atoms with Crippen LogP contribution in [0.4, 0.5) is 0 Å². The van der Waals surface area contributed by atoms with Crippen molar-refractivity contribution < 1.29 is 4.52 Å². The van der Waals surface area contributed by atoms with Crippen LogP contribution in [0.3, 0.4) is 0 Å². The average Bonchev–Trinajstić information content (AvgIpc) is 3.24. The van der Waals surface area contributed by atoms with E-state index in [1.807, 2.05) is 0 Å². The number of benzene rings is 1. The van der Waals surface area contributed by atoms with Gasteiger partial charge in [0.15, 0.2) is 5.96 Å². The monoisotopic (exact) mass is 568 g/mol. The van der Waals surface area contributed by atoms with Gasteiger partial charge in [-0.3, -0.25) is 4.90 Å². The Morgan fingerprint density at radius 3 is 2.39 bits per heavy atom. The van der Waals surface area contributed by atoms with E-state index >= 15 is 0 Å². The number of rotatable bonds is 11. The first-order chi connectivity index (χ1) is 15.7. The highest BCUT2D eigenvalue weighted by molar-refractivity contribution is 14.0. The van der Waals surface area contributed by atoms with Crippen LogP contribution >= 0.6 is 24.0 Å². The molecule has 0 spiro atoms. The second-order valence-electron chi connectivity index (χ2n) is 8.32. The smallest absolute Gasteiger partial charge is 0.191 e. The first kappa shape index (κ1) is 27.6. The molecule has 1 saturated heterocycles. The van der Waals surface area contributed by atoms with Crippen molar-refractivity contribution in [2.24, 2.45) is 4.99 Å². The predicted octanol–water partition coefficient (Wildman–Crippen LogP) is 3.68. The zero-order chi connectivity index (χ0) is 22.6. The summed E-state index contributed by atoms with van der Waals surface area (Å²) < 4.78 is 5.47. The maximum atomic E-state index is 5.47. The number of nitrogens with one attached hydrogen (secondary N) is 2. The third-order valence-electron chi connectivity index (χ3n) is 6.00. The van der Waals surface area contributed by atoms with Crippen LogP contribution in [0.2, 0.25) is 0 Å². The van der Waals surface area contributed by atoms with E-state index in [0.717, 1.165) is 94.6 Å². The molecule has 7 nitrogen and oxygen atoms in total. The lowest BCUT2D eigenvalue weighted by atomic mass is 10.1. The molecule has 2 heterocycles. The maximum Gasteiger partial charge on any atom is 0.191 e. The van der Waals surface area contributed by atoms with Gasteiger partial charge < -0.3 is 20.1 Å². The van der Waals surface area contributed by atoms with Gasteiger partial charge in [-0.15, -0.1) is 24.0 Å². The Bertz CT molecular complexity index is 796. The van der Waals surface area contributed by atoms with E-state index in [1.165, 1.54) is 5.56 Å². The van der Waals surface area contributed by atoms with Crippen LogP contribution in [0.5, 0.6) is 0 Å². The van der Waals surface area contributed by atoms with Gasteiger partial charge in [0.1, 0.15) is 5.76 Å². The zero-order valence-electron chi connectivity index (χ0n) is 20.5. The Balaban J connectivity index is 0.00000385. The molecule has 33 heavy (non-hydrogen) atoms. The van der Waals surface area contributed by atoms with Crippen LogP contribution in [0.1, 0.15) is 49.8 Å². The Labute approximate surface area is 216 Å². The molecule has 184 valence electrons. The van der Waals surface area contributed by atoms with Crippen molar-refractivity contribution in [2.75, 3.05) is 45.8 Å². The quantitative estimate of drug-likeness (QED) is 0.187. The minimum Gasteiger partial charge on any atom is -0.361 e. The van der Waals surface area contributed by atoms with Crippen molar-refractivity contribution >= 4 is 29.9 Å². The summed E-state index contributed by atoms with van der Waals surface area (Å²) in [6.45, 7) is 15.4. The van der Waals surface area contributed by atoms with E-state index in [1.54, 1.807) is 0 Å². The van der Waals surface area contributed by atoms with Gasteiger partial charge in [0, 0.05) is 57.8 Å². The van der Waals surface area contributed by atoms with Gasteiger partial charge in [-0.25, -0.2) is 4.99 Å². The predicted molar refractivity (Wildman–Crippen MR) is 146 cm³/mol. The number of piperazine rings is 1. The van der Waals surface area contributed by atoms with E-state index in [4.69, 9.17) is 9.52 Å². The van der Waals surface area contributed by atoms with Gasteiger partial charge in [0.05, 0.1) is 12.2 Å². The summed E-state index contributed by atoms with van der Waals surface area (Å²) >= 11 is 0. The summed E-state index contributed by atoms with van der Waals surface area (Å²) in [4.78, 5) is 9.91. The van der Waals surface area contributed by atoms with Gasteiger partial charge in [-0.1, -0.05) is 49.3 Å². The maximum absolute atomic E-state index is 5.47. The van der Waals surface area contributed by atoms with E-state index in [0.29, 0.717) is 6.54 Å². The number of hydrogen-bond acceptors (Lipinski definition) is 5. The molecule has 0 radical (unpaired) electrons. The molecule has 2 aromatic rings. The highest BCUT2D eigenvalue weighted by atomic mass is 127. The van der Waals surface area contributed by atoms with Crippen LogP contribution in [-0.4, -0.2) is 66.7 Å². The number of hydrogen-bond donors (Lipinski definition) is 2. The van der Waals surface area contributed by atoms with Crippen molar-refractivity contribution in [1.29, 1.82) is 0 Å². The number of guanidine groups is 1. The lowest BCUT2D eigenvalue weighted by Crippen LogP contribution is -2.46. The standard InChI is InChI=1S/C25H40N6O.HI/c1-4-23-22(24(5-2)32-29-23)19-28-25(26-6-3)27-13-10-14-30-15-17-31(18-16-30)20-21-11-8-7-9-12-21;/h7-9,11-12H,4-6,10,13-20H2,1-3H3,(H2,26,27,28);1H. The zero-order valence-corrected chi connectivity index (χ0v) is 22.8. The molecular formula is C25H41IN6O. The Kier molecular flexibility index (Phi) is 12.8. The fourth-order valence-electron chi connectivity index (χ4n) is 4.14. The molecule has 1 fully saturated rings. The second-order valence-corrected chi connectivity index (χ2v) is 8.32. The Morgan fingerprint density at radius 2 is 1.73 bits per heavy atom. The topological polar surface area (TPSA) is 68.9 Å². The first-order valence-electron chi connectivity index (χ1n) is 12.2. The number of nitrogens with zero attached hydrogens (tertiary/aromatic N) is 4. The van der Waals surface area contributed by atoms with Gasteiger partial charge >= 0.3 is 0 Å². The van der Waals surface area contributed by atoms with Crippen LogP contribution < -0.4 is 10.6 Å². The minimum absolute atomic E-state index is 0. The van der Waals surface area contributed by atoms with Gasteiger partial charge in [-0.2, -0.15) is 0 Å². The van der Waals surface area contributed by atoms with Crippen molar-refractivity contribution in [3.63, 3.8) is 0 Å².